The van der Waals surface area contributed by atoms with Gasteiger partial charge in [0.15, 0.2) is 11.8 Å². The number of hydrogen-bond donors (Lipinski definition) is 2. The van der Waals surface area contributed by atoms with Gasteiger partial charge in [-0.3, -0.25) is 4.99 Å². The summed E-state index contributed by atoms with van der Waals surface area (Å²) >= 11 is 3.27. The highest BCUT2D eigenvalue weighted by Gasteiger charge is 2.09. The average Bonchev–Trinajstić information content (AvgIpc) is 3.11. The van der Waals surface area contributed by atoms with Gasteiger partial charge in [-0.05, 0) is 37.0 Å². The molecule has 0 bridgehead atoms. The molecule has 28 heavy (non-hydrogen) atoms. The summed E-state index contributed by atoms with van der Waals surface area (Å²) in [5.41, 5.74) is 0.725. The number of halogens is 3. The van der Waals surface area contributed by atoms with Crippen LogP contribution in [0.15, 0.2) is 32.2 Å². The SMILES string of the molecule is CN=C(NCCCc1nc(C(C)C)no1)NCCCc1ccc(Br)cc1F.I. The molecule has 0 spiro atoms. The second-order valence-corrected chi connectivity index (χ2v) is 7.49. The van der Waals surface area contributed by atoms with Gasteiger partial charge in [0, 0.05) is 36.9 Å². The lowest BCUT2D eigenvalue weighted by molar-refractivity contribution is 0.368. The minimum absolute atomic E-state index is 0. The van der Waals surface area contributed by atoms with Gasteiger partial charge >= 0.3 is 0 Å². The van der Waals surface area contributed by atoms with E-state index in [-0.39, 0.29) is 35.7 Å². The van der Waals surface area contributed by atoms with Crippen LogP contribution in [0.25, 0.3) is 0 Å². The molecule has 6 nitrogen and oxygen atoms in total. The molecular weight excluding hydrogens is 540 g/mol. The minimum Gasteiger partial charge on any atom is -0.356 e. The molecule has 1 heterocycles. The number of nitrogens with one attached hydrogen (secondary N) is 2. The molecule has 9 heteroatoms. The number of nitrogens with zero attached hydrogens (tertiary/aromatic N) is 3. The summed E-state index contributed by atoms with van der Waals surface area (Å²) in [5, 5.41) is 10.5. The first-order valence-corrected chi connectivity index (χ1v) is 9.99. The zero-order chi connectivity index (χ0) is 19.6. The van der Waals surface area contributed by atoms with Crippen LogP contribution >= 0.6 is 39.9 Å². The summed E-state index contributed by atoms with van der Waals surface area (Å²) < 4.78 is 19.8. The van der Waals surface area contributed by atoms with E-state index in [9.17, 15) is 4.39 Å². The van der Waals surface area contributed by atoms with Crippen LogP contribution in [0.4, 0.5) is 4.39 Å². The Labute approximate surface area is 191 Å². The molecule has 0 unspecified atom stereocenters. The van der Waals surface area contributed by atoms with Crippen LogP contribution < -0.4 is 10.6 Å². The van der Waals surface area contributed by atoms with Gasteiger partial charge in [0.25, 0.3) is 0 Å². The Balaban J connectivity index is 0.00000392. The fourth-order valence-corrected chi connectivity index (χ4v) is 2.81. The normalized spacial score (nSPS) is 11.4. The van der Waals surface area contributed by atoms with E-state index in [1.54, 1.807) is 7.05 Å². The highest BCUT2D eigenvalue weighted by molar-refractivity contribution is 14.0. The van der Waals surface area contributed by atoms with Crippen molar-refractivity contribution in [2.75, 3.05) is 20.1 Å². The molecule has 0 radical (unpaired) electrons. The van der Waals surface area contributed by atoms with Crippen LogP contribution in [0.5, 0.6) is 0 Å². The Morgan fingerprint density at radius 2 is 1.89 bits per heavy atom. The third-order valence-electron chi connectivity index (χ3n) is 4.01. The van der Waals surface area contributed by atoms with Crippen LogP contribution in [-0.2, 0) is 12.8 Å². The van der Waals surface area contributed by atoms with E-state index in [4.69, 9.17) is 4.52 Å². The molecule has 1 aromatic heterocycles. The van der Waals surface area contributed by atoms with Gasteiger partial charge in [0.1, 0.15) is 5.82 Å². The fraction of sp³-hybridized carbons (Fsp3) is 0.526. The third kappa shape index (κ3) is 8.42. The Morgan fingerprint density at radius 3 is 2.46 bits per heavy atom. The average molecular weight is 568 g/mol. The zero-order valence-electron chi connectivity index (χ0n) is 16.5. The maximum absolute atomic E-state index is 13.8. The third-order valence-corrected chi connectivity index (χ3v) is 4.51. The van der Waals surface area contributed by atoms with Crippen molar-refractivity contribution < 1.29 is 8.91 Å². The van der Waals surface area contributed by atoms with E-state index in [1.165, 1.54) is 6.07 Å². The van der Waals surface area contributed by atoms with Crippen molar-refractivity contribution in [1.82, 2.24) is 20.8 Å². The summed E-state index contributed by atoms with van der Waals surface area (Å²) in [6, 6.07) is 5.17. The van der Waals surface area contributed by atoms with Crippen molar-refractivity contribution in [1.29, 1.82) is 0 Å². The van der Waals surface area contributed by atoms with E-state index in [2.05, 4.69) is 41.7 Å². The highest BCUT2D eigenvalue weighted by atomic mass is 127. The molecule has 0 amide bonds. The molecule has 0 saturated heterocycles. The van der Waals surface area contributed by atoms with E-state index < -0.39 is 0 Å². The molecule has 1 aromatic carbocycles. The van der Waals surface area contributed by atoms with Crippen molar-refractivity contribution >= 4 is 45.9 Å². The van der Waals surface area contributed by atoms with Crippen LogP contribution in [0.3, 0.4) is 0 Å². The smallest absolute Gasteiger partial charge is 0.226 e. The van der Waals surface area contributed by atoms with E-state index in [1.807, 2.05) is 26.0 Å². The summed E-state index contributed by atoms with van der Waals surface area (Å²) in [4.78, 5) is 8.56. The van der Waals surface area contributed by atoms with Crippen LogP contribution in [-0.4, -0.2) is 36.2 Å². The topological polar surface area (TPSA) is 75.3 Å². The first-order chi connectivity index (χ1) is 13.0. The van der Waals surface area contributed by atoms with Crippen molar-refractivity contribution in [3.05, 3.63) is 45.8 Å². The number of rotatable bonds is 9. The van der Waals surface area contributed by atoms with E-state index >= 15 is 0 Å². The number of aromatic nitrogens is 2. The maximum Gasteiger partial charge on any atom is 0.226 e. The minimum atomic E-state index is -0.173. The first-order valence-electron chi connectivity index (χ1n) is 9.20. The number of aliphatic imine (C=N–C) groups is 1. The quantitative estimate of drug-likeness (QED) is 0.203. The summed E-state index contributed by atoms with van der Waals surface area (Å²) in [7, 11) is 1.73. The van der Waals surface area contributed by atoms with Crippen LogP contribution in [0.1, 0.15) is 49.9 Å². The predicted molar refractivity (Wildman–Crippen MR) is 124 cm³/mol. The highest BCUT2D eigenvalue weighted by Crippen LogP contribution is 2.16. The van der Waals surface area contributed by atoms with Gasteiger partial charge in [0.2, 0.25) is 5.89 Å². The molecule has 0 aliphatic carbocycles. The molecular formula is C19H28BrFIN5O. The summed E-state index contributed by atoms with van der Waals surface area (Å²) in [6.07, 6.45) is 3.09. The van der Waals surface area contributed by atoms with Crippen molar-refractivity contribution in [3.8, 4) is 0 Å². The molecule has 0 aliphatic rings. The van der Waals surface area contributed by atoms with Gasteiger partial charge < -0.3 is 15.2 Å². The Kier molecular flexibility index (Phi) is 11.6. The second-order valence-electron chi connectivity index (χ2n) is 6.57. The lowest BCUT2D eigenvalue weighted by Crippen LogP contribution is -2.38. The molecule has 2 N–H and O–H groups in total. The van der Waals surface area contributed by atoms with E-state index in [0.717, 1.165) is 54.2 Å². The van der Waals surface area contributed by atoms with Crippen molar-refractivity contribution in [2.24, 2.45) is 4.99 Å². The fourth-order valence-electron chi connectivity index (χ4n) is 2.48. The largest absolute Gasteiger partial charge is 0.356 e. The van der Waals surface area contributed by atoms with Gasteiger partial charge in [-0.25, -0.2) is 4.39 Å². The lowest BCUT2D eigenvalue weighted by Gasteiger charge is -2.11. The van der Waals surface area contributed by atoms with Crippen LogP contribution in [0.2, 0.25) is 0 Å². The summed E-state index contributed by atoms with van der Waals surface area (Å²) in [6.45, 7) is 5.55. The van der Waals surface area contributed by atoms with Gasteiger partial charge in [-0.1, -0.05) is 41.0 Å². The standard InChI is InChI=1S/C19H27BrFN5O.HI/c1-13(2)18-25-17(27-26-18)7-5-11-24-19(22-3)23-10-4-6-14-8-9-15(20)12-16(14)21;/h8-9,12-13H,4-7,10-11H2,1-3H3,(H2,22,23,24);1H. The molecule has 0 saturated carbocycles. The Morgan fingerprint density at radius 1 is 1.21 bits per heavy atom. The van der Waals surface area contributed by atoms with Gasteiger partial charge in [-0.15, -0.1) is 24.0 Å². The second kappa shape index (κ2) is 13.1. The predicted octanol–water partition coefficient (Wildman–Crippen LogP) is 4.44. The number of aryl methyl sites for hydroxylation is 2. The lowest BCUT2D eigenvalue weighted by atomic mass is 10.1. The molecule has 2 aromatic rings. The first kappa shape index (κ1) is 24.8. The Hall–Kier alpha value is -1.23. The number of guanidine groups is 1. The van der Waals surface area contributed by atoms with Gasteiger partial charge in [0.05, 0.1) is 0 Å². The number of hydrogen-bond acceptors (Lipinski definition) is 4. The van der Waals surface area contributed by atoms with Gasteiger partial charge in [-0.2, -0.15) is 4.98 Å². The maximum atomic E-state index is 13.8. The molecule has 0 fully saturated rings. The molecule has 0 atom stereocenters. The molecule has 0 aliphatic heterocycles. The van der Waals surface area contributed by atoms with Crippen molar-refractivity contribution in [2.45, 2.75) is 45.4 Å². The van der Waals surface area contributed by atoms with Crippen molar-refractivity contribution in [3.63, 3.8) is 0 Å². The Bertz CT molecular complexity index is 754. The molecule has 2 rings (SSSR count). The zero-order valence-corrected chi connectivity index (χ0v) is 20.4. The number of benzene rings is 1. The molecule has 156 valence electrons. The van der Waals surface area contributed by atoms with E-state index in [0.29, 0.717) is 12.3 Å². The summed E-state index contributed by atoms with van der Waals surface area (Å²) in [5.74, 6) is 2.25. The monoisotopic (exact) mass is 567 g/mol. The van der Waals surface area contributed by atoms with Crippen LogP contribution in [0, 0.1) is 5.82 Å².